The second-order valence-corrected chi connectivity index (χ2v) is 8.28. The van der Waals surface area contributed by atoms with Crippen LogP contribution in [0.25, 0.3) is 0 Å². The molecule has 0 amide bonds. The van der Waals surface area contributed by atoms with E-state index in [1.165, 1.54) is 18.2 Å². The Kier molecular flexibility index (Phi) is 10.5. The van der Waals surface area contributed by atoms with Crippen LogP contribution in [0.4, 0.5) is 0 Å². The lowest BCUT2D eigenvalue weighted by atomic mass is 9.99. The van der Waals surface area contributed by atoms with Crippen LogP contribution >= 0.6 is 24.0 Å². The molecule has 1 N–H and O–H groups in total. The minimum atomic E-state index is -0.133. The number of nitrogens with one attached hydrogen (secondary N) is 1. The monoisotopic (exact) mass is 544 g/mol. The standard InChI is InChI=1S/C23H36N4O3.HI/c1-5-24-23(27-15-18(3)20(16-27)22(28)29-4)25-14-21(26-10-12-30-13-11-26)19-8-6-17(2)7-9-19;/h6-9,18,20-21H,5,10-16H2,1-4H3,(H,24,25);1H. The Hall–Kier alpha value is -1.39. The minimum Gasteiger partial charge on any atom is -0.469 e. The van der Waals surface area contributed by atoms with Crippen LogP contribution in [-0.2, 0) is 14.3 Å². The number of nitrogens with zero attached hydrogens (tertiary/aromatic N) is 3. The van der Waals surface area contributed by atoms with Gasteiger partial charge in [0.05, 0.1) is 38.8 Å². The van der Waals surface area contributed by atoms with Crippen molar-refractivity contribution in [3.63, 3.8) is 0 Å². The molecule has 7 nitrogen and oxygen atoms in total. The van der Waals surface area contributed by atoms with Gasteiger partial charge in [0, 0.05) is 32.7 Å². The van der Waals surface area contributed by atoms with Gasteiger partial charge in [-0.05, 0) is 25.3 Å². The number of aliphatic imine (C=N–C) groups is 1. The summed E-state index contributed by atoms with van der Waals surface area (Å²) < 4.78 is 10.6. The normalized spacial score (nSPS) is 23.2. The number of benzene rings is 1. The SMILES string of the molecule is CCNC(=NCC(c1ccc(C)cc1)N1CCOCC1)N1CC(C)C(C(=O)OC)C1.I. The predicted molar refractivity (Wildman–Crippen MR) is 134 cm³/mol. The molecule has 1 aromatic rings. The van der Waals surface area contributed by atoms with Crippen molar-refractivity contribution in [3.05, 3.63) is 35.4 Å². The van der Waals surface area contributed by atoms with Gasteiger partial charge in [-0.2, -0.15) is 0 Å². The van der Waals surface area contributed by atoms with E-state index in [4.69, 9.17) is 14.5 Å². The van der Waals surface area contributed by atoms with Gasteiger partial charge in [0.25, 0.3) is 0 Å². The molecule has 3 atom stereocenters. The van der Waals surface area contributed by atoms with Crippen molar-refractivity contribution >= 4 is 35.9 Å². The van der Waals surface area contributed by atoms with E-state index in [2.05, 4.69) is 60.2 Å². The Labute approximate surface area is 203 Å². The Morgan fingerprint density at radius 3 is 2.55 bits per heavy atom. The number of carbonyl (C=O) groups is 1. The van der Waals surface area contributed by atoms with Gasteiger partial charge in [-0.15, -0.1) is 24.0 Å². The molecule has 8 heteroatoms. The van der Waals surface area contributed by atoms with E-state index in [0.29, 0.717) is 13.1 Å². The molecule has 3 rings (SSSR count). The number of halogens is 1. The lowest BCUT2D eigenvalue weighted by Crippen LogP contribution is -2.43. The van der Waals surface area contributed by atoms with Gasteiger partial charge in [-0.1, -0.05) is 36.8 Å². The van der Waals surface area contributed by atoms with Crippen LogP contribution < -0.4 is 5.32 Å². The van der Waals surface area contributed by atoms with E-state index < -0.39 is 0 Å². The van der Waals surface area contributed by atoms with Crippen molar-refractivity contribution in [2.75, 3.05) is 59.6 Å². The number of rotatable bonds is 6. The summed E-state index contributed by atoms with van der Waals surface area (Å²) in [5.41, 5.74) is 2.54. The van der Waals surface area contributed by atoms with E-state index in [9.17, 15) is 4.79 Å². The summed E-state index contributed by atoms with van der Waals surface area (Å²) in [5.74, 6) is 0.882. The van der Waals surface area contributed by atoms with Gasteiger partial charge in [0.15, 0.2) is 5.96 Å². The first kappa shape index (κ1) is 25.9. The molecular weight excluding hydrogens is 507 g/mol. The highest BCUT2D eigenvalue weighted by atomic mass is 127. The van der Waals surface area contributed by atoms with Crippen LogP contribution in [0.1, 0.15) is 31.0 Å². The lowest BCUT2D eigenvalue weighted by Gasteiger charge is -2.34. The van der Waals surface area contributed by atoms with Crippen molar-refractivity contribution < 1.29 is 14.3 Å². The zero-order valence-corrected chi connectivity index (χ0v) is 21.5. The summed E-state index contributed by atoms with van der Waals surface area (Å²) in [6.07, 6.45) is 0. The van der Waals surface area contributed by atoms with Gasteiger partial charge in [0.2, 0.25) is 0 Å². The molecule has 1 aromatic carbocycles. The van der Waals surface area contributed by atoms with Gasteiger partial charge in [-0.3, -0.25) is 14.7 Å². The molecule has 2 aliphatic rings. The average Bonchev–Trinajstić information content (AvgIpc) is 3.16. The molecule has 2 fully saturated rings. The number of morpholine rings is 1. The zero-order valence-electron chi connectivity index (χ0n) is 19.2. The molecule has 31 heavy (non-hydrogen) atoms. The molecule has 3 unspecified atom stereocenters. The number of hydrogen-bond acceptors (Lipinski definition) is 5. The number of likely N-dealkylation sites (tertiary alicyclic amines) is 1. The molecule has 0 spiro atoms. The third kappa shape index (κ3) is 6.79. The van der Waals surface area contributed by atoms with Crippen LogP contribution in [-0.4, -0.2) is 81.3 Å². The van der Waals surface area contributed by atoms with Crippen molar-refractivity contribution in [2.24, 2.45) is 16.8 Å². The first-order valence-electron chi connectivity index (χ1n) is 11.0. The number of carbonyl (C=O) groups excluding carboxylic acids is 1. The van der Waals surface area contributed by atoms with Crippen molar-refractivity contribution in [1.82, 2.24) is 15.1 Å². The molecule has 2 saturated heterocycles. The summed E-state index contributed by atoms with van der Waals surface area (Å²) >= 11 is 0. The second kappa shape index (κ2) is 12.6. The molecule has 0 aromatic heterocycles. The maximum Gasteiger partial charge on any atom is 0.310 e. The van der Waals surface area contributed by atoms with Crippen molar-refractivity contribution in [2.45, 2.75) is 26.8 Å². The average molecular weight is 544 g/mol. The maximum absolute atomic E-state index is 12.1. The van der Waals surface area contributed by atoms with E-state index in [-0.39, 0.29) is 47.8 Å². The first-order valence-corrected chi connectivity index (χ1v) is 11.0. The van der Waals surface area contributed by atoms with Gasteiger partial charge < -0.3 is 19.7 Å². The van der Waals surface area contributed by atoms with Gasteiger partial charge in [0.1, 0.15) is 0 Å². The number of esters is 1. The summed E-state index contributed by atoms with van der Waals surface area (Å²) in [5, 5.41) is 3.42. The van der Waals surface area contributed by atoms with Crippen LogP contribution in [0.3, 0.4) is 0 Å². The second-order valence-electron chi connectivity index (χ2n) is 8.28. The number of methoxy groups -OCH3 is 1. The third-order valence-electron chi connectivity index (χ3n) is 6.11. The fraction of sp³-hybridized carbons (Fsp3) is 0.652. The molecule has 2 heterocycles. The molecule has 0 saturated carbocycles. The summed E-state index contributed by atoms with van der Waals surface area (Å²) in [6.45, 7) is 12.5. The van der Waals surface area contributed by atoms with Crippen molar-refractivity contribution in [3.8, 4) is 0 Å². The summed E-state index contributed by atoms with van der Waals surface area (Å²) in [7, 11) is 1.46. The third-order valence-corrected chi connectivity index (χ3v) is 6.11. The van der Waals surface area contributed by atoms with E-state index >= 15 is 0 Å². The molecule has 0 aliphatic carbocycles. The Bertz CT molecular complexity index is 722. The van der Waals surface area contributed by atoms with Crippen LogP contribution in [0.2, 0.25) is 0 Å². The highest BCUT2D eigenvalue weighted by Gasteiger charge is 2.37. The number of hydrogen-bond donors (Lipinski definition) is 1. The Balaban J connectivity index is 0.00000341. The fourth-order valence-electron chi connectivity index (χ4n) is 4.31. The summed E-state index contributed by atoms with van der Waals surface area (Å²) in [4.78, 5) is 21.8. The van der Waals surface area contributed by atoms with Gasteiger partial charge >= 0.3 is 5.97 Å². The zero-order chi connectivity index (χ0) is 21.5. The van der Waals surface area contributed by atoms with E-state index in [0.717, 1.165) is 45.4 Å². The highest BCUT2D eigenvalue weighted by Crippen LogP contribution is 2.26. The first-order chi connectivity index (χ1) is 14.5. The predicted octanol–water partition coefficient (Wildman–Crippen LogP) is 2.69. The molecule has 174 valence electrons. The fourth-order valence-corrected chi connectivity index (χ4v) is 4.31. The van der Waals surface area contributed by atoms with Crippen LogP contribution in [0.15, 0.2) is 29.3 Å². The molecule has 0 bridgehead atoms. The maximum atomic E-state index is 12.1. The highest BCUT2D eigenvalue weighted by molar-refractivity contribution is 14.0. The Morgan fingerprint density at radius 2 is 1.94 bits per heavy atom. The number of guanidine groups is 1. The smallest absolute Gasteiger partial charge is 0.310 e. The molecule has 2 aliphatic heterocycles. The topological polar surface area (TPSA) is 66.4 Å². The van der Waals surface area contributed by atoms with Gasteiger partial charge in [-0.25, -0.2) is 0 Å². The van der Waals surface area contributed by atoms with E-state index in [1.54, 1.807) is 0 Å². The quantitative estimate of drug-likeness (QED) is 0.257. The lowest BCUT2D eigenvalue weighted by molar-refractivity contribution is -0.145. The summed E-state index contributed by atoms with van der Waals surface area (Å²) in [6, 6.07) is 8.97. The molecule has 0 radical (unpaired) electrons. The Morgan fingerprint density at radius 1 is 1.26 bits per heavy atom. The van der Waals surface area contributed by atoms with Crippen LogP contribution in [0.5, 0.6) is 0 Å². The molecular formula is C23H37IN4O3. The minimum absolute atomic E-state index is 0. The van der Waals surface area contributed by atoms with E-state index in [1.807, 2.05) is 0 Å². The number of aryl methyl sites for hydroxylation is 1. The largest absolute Gasteiger partial charge is 0.469 e. The number of ether oxygens (including phenoxy) is 2. The van der Waals surface area contributed by atoms with Crippen LogP contribution in [0, 0.1) is 18.8 Å². The van der Waals surface area contributed by atoms with Crippen molar-refractivity contribution in [1.29, 1.82) is 0 Å².